The van der Waals surface area contributed by atoms with Crippen molar-refractivity contribution in [3.05, 3.63) is 71.5 Å². The molecule has 0 aliphatic heterocycles. The lowest BCUT2D eigenvalue weighted by molar-refractivity contribution is -0.116. The van der Waals surface area contributed by atoms with Gasteiger partial charge < -0.3 is 5.32 Å². The van der Waals surface area contributed by atoms with Gasteiger partial charge in [0.25, 0.3) is 5.56 Å². The number of aryl methyl sites for hydroxylation is 1. The van der Waals surface area contributed by atoms with Crippen LogP contribution in [0, 0.1) is 0 Å². The lowest BCUT2D eigenvalue weighted by atomic mass is 10.2. The van der Waals surface area contributed by atoms with Crippen LogP contribution in [0.4, 0.5) is 5.69 Å². The standard InChI is InChI=1S/C18H15N5O2/c24-17(21-13-6-10-23-14(11-13)5-8-20-23)7-9-22-12-19-16-4-2-1-3-15(16)18(22)25/h1-6,8,10-12H,7,9H2,(H,21,24). The molecule has 0 spiro atoms. The maximum absolute atomic E-state index is 12.4. The van der Waals surface area contributed by atoms with Crippen molar-refractivity contribution in [2.45, 2.75) is 13.0 Å². The molecular weight excluding hydrogens is 318 g/mol. The van der Waals surface area contributed by atoms with Gasteiger partial charge in [-0.15, -0.1) is 0 Å². The second kappa shape index (κ2) is 6.20. The molecule has 1 N–H and O–H groups in total. The number of amides is 1. The lowest BCUT2D eigenvalue weighted by Gasteiger charge is -2.08. The average molecular weight is 333 g/mol. The van der Waals surface area contributed by atoms with Gasteiger partial charge >= 0.3 is 0 Å². The molecule has 0 radical (unpaired) electrons. The van der Waals surface area contributed by atoms with Crippen LogP contribution in [0.5, 0.6) is 0 Å². The Morgan fingerprint density at radius 1 is 1.16 bits per heavy atom. The van der Waals surface area contributed by atoms with E-state index in [9.17, 15) is 9.59 Å². The third-order valence-corrected chi connectivity index (χ3v) is 3.99. The van der Waals surface area contributed by atoms with Crippen molar-refractivity contribution in [3.8, 4) is 0 Å². The first-order valence-corrected chi connectivity index (χ1v) is 7.88. The van der Waals surface area contributed by atoms with Crippen LogP contribution in [0.1, 0.15) is 6.42 Å². The first-order valence-electron chi connectivity index (χ1n) is 7.88. The zero-order valence-electron chi connectivity index (χ0n) is 13.3. The zero-order valence-corrected chi connectivity index (χ0v) is 13.3. The van der Waals surface area contributed by atoms with Gasteiger partial charge in [0.05, 0.1) is 22.7 Å². The van der Waals surface area contributed by atoms with Gasteiger partial charge in [-0.05, 0) is 30.3 Å². The molecule has 4 aromatic rings. The Kier molecular flexibility index (Phi) is 3.74. The van der Waals surface area contributed by atoms with E-state index in [0.29, 0.717) is 16.6 Å². The summed E-state index contributed by atoms with van der Waals surface area (Å²) in [5, 5.41) is 7.50. The number of benzene rings is 1. The molecule has 0 saturated heterocycles. The summed E-state index contributed by atoms with van der Waals surface area (Å²) in [4.78, 5) is 28.8. The fraction of sp³-hybridized carbons (Fsp3) is 0.111. The number of hydrogen-bond donors (Lipinski definition) is 1. The van der Waals surface area contributed by atoms with Gasteiger partial charge in [0.1, 0.15) is 0 Å². The van der Waals surface area contributed by atoms with Crippen LogP contribution in [0.25, 0.3) is 16.4 Å². The first kappa shape index (κ1) is 15.1. The van der Waals surface area contributed by atoms with Crippen LogP contribution in [-0.2, 0) is 11.3 Å². The van der Waals surface area contributed by atoms with Crippen LogP contribution in [0.3, 0.4) is 0 Å². The predicted octanol–water partition coefficient (Wildman–Crippen LogP) is 2.07. The molecule has 7 heteroatoms. The van der Waals surface area contributed by atoms with Gasteiger partial charge in [0.15, 0.2) is 0 Å². The van der Waals surface area contributed by atoms with Crippen molar-refractivity contribution >= 4 is 28.0 Å². The van der Waals surface area contributed by atoms with Crippen molar-refractivity contribution in [2.75, 3.05) is 5.32 Å². The molecule has 0 unspecified atom stereocenters. The van der Waals surface area contributed by atoms with Crippen molar-refractivity contribution < 1.29 is 4.79 Å². The normalized spacial score (nSPS) is 11.0. The number of nitrogens with zero attached hydrogens (tertiary/aromatic N) is 4. The van der Waals surface area contributed by atoms with Crippen molar-refractivity contribution in [1.82, 2.24) is 19.2 Å². The molecule has 0 saturated carbocycles. The molecule has 25 heavy (non-hydrogen) atoms. The molecule has 0 fully saturated rings. The number of nitrogens with one attached hydrogen (secondary N) is 1. The van der Waals surface area contributed by atoms with Gasteiger partial charge in [0.2, 0.25) is 5.91 Å². The van der Waals surface area contributed by atoms with Gasteiger partial charge in [-0.1, -0.05) is 12.1 Å². The quantitative estimate of drug-likeness (QED) is 0.620. The summed E-state index contributed by atoms with van der Waals surface area (Å²) in [5.74, 6) is -0.163. The Labute approximate surface area is 142 Å². The molecule has 1 aromatic carbocycles. The highest BCUT2D eigenvalue weighted by molar-refractivity contribution is 5.91. The summed E-state index contributed by atoms with van der Waals surface area (Å²) in [5.41, 5.74) is 2.11. The summed E-state index contributed by atoms with van der Waals surface area (Å²) >= 11 is 0. The highest BCUT2D eigenvalue weighted by atomic mass is 16.1. The van der Waals surface area contributed by atoms with Crippen LogP contribution in [-0.4, -0.2) is 25.1 Å². The number of hydrogen-bond acceptors (Lipinski definition) is 4. The molecular formula is C18H15N5O2. The topological polar surface area (TPSA) is 81.3 Å². The molecule has 124 valence electrons. The molecule has 4 rings (SSSR count). The van der Waals surface area contributed by atoms with Gasteiger partial charge in [-0.25, -0.2) is 9.50 Å². The Balaban J connectivity index is 1.46. The third-order valence-electron chi connectivity index (χ3n) is 3.99. The summed E-state index contributed by atoms with van der Waals surface area (Å²) < 4.78 is 3.18. The highest BCUT2D eigenvalue weighted by Crippen LogP contribution is 2.12. The molecule has 3 aromatic heterocycles. The Morgan fingerprint density at radius 3 is 2.96 bits per heavy atom. The zero-order chi connectivity index (χ0) is 17.2. The maximum atomic E-state index is 12.4. The smallest absolute Gasteiger partial charge is 0.261 e. The first-order chi connectivity index (χ1) is 12.2. The predicted molar refractivity (Wildman–Crippen MR) is 94.4 cm³/mol. The summed E-state index contributed by atoms with van der Waals surface area (Å²) in [6, 6.07) is 12.6. The molecule has 0 bridgehead atoms. The number of para-hydroxylation sites is 1. The van der Waals surface area contributed by atoms with Crippen molar-refractivity contribution in [1.29, 1.82) is 0 Å². The molecule has 7 nitrogen and oxygen atoms in total. The van der Waals surface area contributed by atoms with E-state index in [1.807, 2.05) is 18.2 Å². The number of pyridine rings is 1. The summed E-state index contributed by atoms with van der Waals surface area (Å²) in [7, 11) is 0. The van der Waals surface area contributed by atoms with Gasteiger partial charge in [-0.2, -0.15) is 5.10 Å². The fourth-order valence-corrected chi connectivity index (χ4v) is 2.71. The number of anilines is 1. The van der Waals surface area contributed by atoms with Crippen LogP contribution < -0.4 is 10.9 Å². The third kappa shape index (κ3) is 2.99. The van der Waals surface area contributed by atoms with Crippen LogP contribution in [0.2, 0.25) is 0 Å². The fourth-order valence-electron chi connectivity index (χ4n) is 2.71. The molecule has 0 atom stereocenters. The molecule has 0 aliphatic rings. The number of fused-ring (bicyclic) bond motifs is 2. The molecule has 1 amide bonds. The van der Waals surface area contributed by atoms with Crippen LogP contribution >= 0.6 is 0 Å². The van der Waals surface area contributed by atoms with E-state index >= 15 is 0 Å². The van der Waals surface area contributed by atoms with Gasteiger partial charge in [-0.3, -0.25) is 14.2 Å². The van der Waals surface area contributed by atoms with E-state index in [0.717, 1.165) is 5.52 Å². The highest BCUT2D eigenvalue weighted by Gasteiger charge is 2.07. The minimum absolute atomic E-state index is 0.140. The minimum atomic E-state index is -0.163. The van der Waals surface area contributed by atoms with E-state index < -0.39 is 0 Å². The minimum Gasteiger partial charge on any atom is -0.326 e. The number of carbonyl (C=O) groups excluding carboxylic acids is 1. The molecule has 0 aliphatic carbocycles. The van der Waals surface area contributed by atoms with Gasteiger partial charge in [0, 0.05) is 31.0 Å². The Morgan fingerprint density at radius 2 is 2.04 bits per heavy atom. The Bertz CT molecular complexity index is 1130. The van der Waals surface area contributed by atoms with Crippen LogP contribution in [0.15, 0.2) is 66.0 Å². The SMILES string of the molecule is O=C(CCn1cnc2ccccc2c1=O)Nc1ccn2nccc2c1. The van der Waals surface area contributed by atoms with E-state index in [4.69, 9.17) is 0 Å². The largest absolute Gasteiger partial charge is 0.326 e. The molecule has 3 heterocycles. The maximum Gasteiger partial charge on any atom is 0.261 e. The van der Waals surface area contributed by atoms with E-state index in [1.54, 1.807) is 41.2 Å². The van der Waals surface area contributed by atoms with E-state index in [1.165, 1.54) is 10.9 Å². The van der Waals surface area contributed by atoms with Crippen molar-refractivity contribution in [3.63, 3.8) is 0 Å². The second-order valence-corrected chi connectivity index (χ2v) is 5.67. The number of rotatable bonds is 4. The summed E-state index contributed by atoms with van der Waals surface area (Å²) in [6.07, 6.45) is 5.14. The monoisotopic (exact) mass is 333 g/mol. The average Bonchev–Trinajstić information content (AvgIpc) is 3.09. The second-order valence-electron chi connectivity index (χ2n) is 5.67. The summed E-state index contributed by atoms with van der Waals surface area (Å²) in [6.45, 7) is 0.275. The van der Waals surface area contributed by atoms with E-state index in [2.05, 4.69) is 15.4 Å². The van der Waals surface area contributed by atoms with E-state index in [-0.39, 0.29) is 24.4 Å². The number of carbonyl (C=O) groups is 1. The van der Waals surface area contributed by atoms with Crippen molar-refractivity contribution in [2.24, 2.45) is 0 Å². The Hall–Kier alpha value is -3.48. The lowest BCUT2D eigenvalue weighted by Crippen LogP contribution is -2.23. The number of aromatic nitrogens is 4.